The molecule has 6 heteroatoms. The number of aryl methyl sites for hydroxylation is 2. The van der Waals surface area contributed by atoms with E-state index >= 15 is 0 Å². The minimum Gasteiger partial charge on any atom is -0.396 e. The van der Waals surface area contributed by atoms with Crippen molar-refractivity contribution in [2.75, 3.05) is 19.7 Å². The molecule has 0 aromatic carbocycles. The molecule has 24 heavy (non-hydrogen) atoms. The van der Waals surface area contributed by atoms with Crippen LogP contribution in [0.4, 0.5) is 0 Å². The summed E-state index contributed by atoms with van der Waals surface area (Å²) >= 11 is 1.90. The summed E-state index contributed by atoms with van der Waals surface area (Å²) in [5.41, 5.74) is 1.34. The molecule has 1 amide bonds. The molecule has 0 unspecified atom stereocenters. The molecule has 2 heterocycles. The molecule has 1 saturated carbocycles. The van der Waals surface area contributed by atoms with Gasteiger partial charge >= 0.3 is 0 Å². The summed E-state index contributed by atoms with van der Waals surface area (Å²) in [4.78, 5) is 20.7. The predicted octanol–water partition coefficient (Wildman–Crippen LogP) is 1.73. The van der Waals surface area contributed by atoms with Gasteiger partial charge in [-0.3, -0.25) is 9.69 Å². The topological polar surface area (TPSA) is 65.5 Å². The lowest BCUT2D eigenvalue weighted by atomic mass is 9.98. The third kappa shape index (κ3) is 3.65. The summed E-state index contributed by atoms with van der Waals surface area (Å²) in [6.07, 6.45) is 7.76. The number of thiazole rings is 1. The van der Waals surface area contributed by atoms with Gasteiger partial charge in [0.2, 0.25) is 5.91 Å². The van der Waals surface area contributed by atoms with Crippen LogP contribution in [0.25, 0.3) is 0 Å². The second-order valence-electron chi connectivity index (χ2n) is 7.53. The van der Waals surface area contributed by atoms with Gasteiger partial charge in [0.15, 0.2) is 0 Å². The van der Waals surface area contributed by atoms with Crippen molar-refractivity contribution in [1.82, 2.24) is 15.2 Å². The van der Waals surface area contributed by atoms with Crippen LogP contribution >= 0.6 is 11.3 Å². The molecule has 1 aromatic heterocycles. The van der Waals surface area contributed by atoms with Crippen LogP contribution in [0.3, 0.4) is 0 Å². The lowest BCUT2D eigenvalue weighted by Gasteiger charge is -2.19. The molecule has 4 rings (SSSR count). The predicted molar refractivity (Wildman–Crippen MR) is 93.9 cm³/mol. The Morgan fingerprint density at radius 2 is 2.12 bits per heavy atom. The normalized spacial score (nSPS) is 27.2. The standard InChI is InChI=1S/C18H27N3O2S/c22-8-7-17(23)19-15-10-21(9-13(15)12-5-6-12)11-18-20-14-3-1-2-4-16(14)24-18/h12-13,15,22H,1-11H2,(H,19,23)/t13-,15+/m1/s1. The molecule has 2 N–H and O–H groups in total. The Morgan fingerprint density at radius 3 is 2.88 bits per heavy atom. The Balaban J connectivity index is 1.39. The summed E-state index contributed by atoms with van der Waals surface area (Å²) in [7, 11) is 0. The highest BCUT2D eigenvalue weighted by atomic mass is 32.1. The Labute approximate surface area is 147 Å². The van der Waals surface area contributed by atoms with Crippen LogP contribution in [0.5, 0.6) is 0 Å². The first-order valence-corrected chi connectivity index (χ1v) is 10.1. The van der Waals surface area contributed by atoms with E-state index in [0.717, 1.165) is 32.0 Å². The Bertz CT molecular complexity index is 576. The number of likely N-dealkylation sites (tertiary alicyclic amines) is 1. The van der Waals surface area contributed by atoms with Crippen LogP contribution in [0.15, 0.2) is 0 Å². The van der Waals surface area contributed by atoms with E-state index in [4.69, 9.17) is 10.1 Å². The molecule has 132 valence electrons. The van der Waals surface area contributed by atoms with E-state index in [2.05, 4.69) is 10.2 Å². The van der Waals surface area contributed by atoms with Crippen LogP contribution in [0, 0.1) is 11.8 Å². The number of fused-ring (bicyclic) bond motifs is 1. The number of aliphatic hydroxyl groups is 1. The number of aromatic nitrogens is 1. The number of nitrogens with zero attached hydrogens (tertiary/aromatic N) is 2. The molecule has 5 nitrogen and oxygen atoms in total. The number of hydrogen-bond acceptors (Lipinski definition) is 5. The average Bonchev–Trinajstić information content (AvgIpc) is 3.21. The fraction of sp³-hybridized carbons (Fsp3) is 0.778. The van der Waals surface area contributed by atoms with Gasteiger partial charge in [-0.05, 0) is 50.4 Å². The molecule has 2 aliphatic carbocycles. The van der Waals surface area contributed by atoms with Crippen molar-refractivity contribution < 1.29 is 9.90 Å². The molecule has 3 aliphatic rings. The molecular weight excluding hydrogens is 322 g/mol. The first-order valence-electron chi connectivity index (χ1n) is 9.33. The zero-order valence-corrected chi connectivity index (χ0v) is 15.0. The Morgan fingerprint density at radius 1 is 1.29 bits per heavy atom. The molecule has 0 radical (unpaired) electrons. The number of hydrogen-bond donors (Lipinski definition) is 2. The second-order valence-corrected chi connectivity index (χ2v) is 8.70. The van der Waals surface area contributed by atoms with Crippen LogP contribution in [-0.2, 0) is 24.2 Å². The molecule has 0 bridgehead atoms. The van der Waals surface area contributed by atoms with Crippen molar-refractivity contribution in [1.29, 1.82) is 0 Å². The summed E-state index contributed by atoms with van der Waals surface area (Å²) < 4.78 is 0. The summed E-state index contributed by atoms with van der Waals surface area (Å²) in [6.45, 7) is 2.84. The molecule has 0 spiro atoms. The van der Waals surface area contributed by atoms with Crippen molar-refractivity contribution in [3.63, 3.8) is 0 Å². The number of rotatable bonds is 6. The smallest absolute Gasteiger partial charge is 0.222 e. The third-order valence-corrected chi connectivity index (χ3v) is 6.74. The van der Waals surface area contributed by atoms with E-state index in [1.807, 2.05) is 11.3 Å². The van der Waals surface area contributed by atoms with E-state index in [9.17, 15) is 4.79 Å². The first-order chi connectivity index (χ1) is 11.7. The van der Waals surface area contributed by atoms with Gasteiger partial charge in [0.25, 0.3) is 0 Å². The maximum absolute atomic E-state index is 11.9. The minimum absolute atomic E-state index is 0.0142. The van der Waals surface area contributed by atoms with E-state index in [0.29, 0.717) is 5.92 Å². The molecular formula is C18H27N3O2S. The summed E-state index contributed by atoms with van der Waals surface area (Å²) in [6, 6.07) is 0.242. The van der Waals surface area contributed by atoms with Gasteiger partial charge < -0.3 is 10.4 Å². The minimum atomic E-state index is -0.0684. The summed E-state index contributed by atoms with van der Waals surface area (Å²) in [5, 5.41) is 13.4. The van der Waals surface area contributed by atoms with E-state index in [-0.39, 0.29) is 25.0 Å². The molecule has 2 fully saturated rings. The zero-order valence-electron chi connectivity index (χ0n) is 14.2. The number of carbonyl (C=O) groups is 1. The number of carbonyl (C=O) groups excluding carboxylic acids is 1. The maximum atomic E-state index is 11.9. The molecule has 2 atom stereocenters. The number of amides is 1. The fourth-order valence-electron chi connectivity index (χ4n) is 4.24. The fourth-order valence-corrected chi connectivity index (χ4v) is 5.44. The monoisotopic (exact) mass is 349 g/mol. The highest BCUT2D eigenvalue weighted by Gasteiger charge is 2.43. The number of nitrogens with one attached hydrogen (secondary N) is 1. The van der Waals surface area contributed by atoms with Crippen LogP contribution in [0.1, 0.15) is 47.7 Å². The largest absolute Gasteiger partial charge is 0.396 e. The van der Waals surface area contributed by atoms with Crippen molar-refractivity contribution in [3.8, 4) is 0 Å². The lowest BCUT2D eigenvalue weighted by molar-refractivity contribution is -0.122. The van der Waals surface area contributed by atoms with Crippen LogP contribution in [0.2, 0.25) is 0 Å². The van der Waals surface area contributed by atoms with E-state index in [1.54, 1.807) is 0 Å². The van der Waals surface area contributed by atoms with Gasteiger partial charge in [-0.1, -0.05) is 0 Å². The van der Waals surface area contributed by atoms with Crippen molar-refractivity contribution in [3.05, 3.63) is 15.6 Å². The van der Waals surface area contributed by atoms with Gasteiger partial charge in [-0.15, -0.1) is 11.3 Å². The van der Waals surface area contributed by atoms with Crippen molar-refractivity contribution in [2.24, 2.45) is 11.8 Å². The third-order valence-electron chi connectivity index (χ3n) is 5.60. The SMILES string of the molecule is O=C(CCO)N[C@H]1CN(Cc2nc3c(s2)CCCC3)C[C@@H]1C1CC1. The summed E-state index contributed by atoms with van der Waals surface area (Å²) in [5.74, 6) is 1.33. The highest BCUT2D eigenvalue weighted by Crippen LogP contribution is 2.42. The first kappa shape index (κ1) is 16.5. The van der Waals surface area contributed by atoms with Gasteiger partial charge in [-0.25, -0.2) is 4.98 Å². The highest BCUT2D eigenvalue weighted by molar-refractivity contribution is 7.11. The average molecular weight is 350 g/mol. The Hall–Kier alpha value is -0.980. The van der Waals surface area contributed by atoms with Gasteiger partial charge in [0.1, 0.15) is 5.01 Å². The molecule has 1 aliphatic heterocycles. The number of aliphatic hydroxyl groups excluding tert-OH is 1. The van der Waals surface area contributed by atoms with E-state index < -0.39 is 0 Å². The zero-order chi connectivity index (χ0) is 16.5. The van der Waals surface area contributed by atoms with E-state index in [1.165, 1.54) is 47.7 Å². The van der Waals surface area contributed by atoms with Gasteiger partial charge in [-0.2, -0.15) is 0 Å². The van der Waals surface area contributed by atoms with Crippen LogP contribution in [-0.4, -0.2) is 46.6 Å². The second kappa shape index (κ2) is 7.10. The lowest BCUT2D eigenvalue weighted by Crippen LogP contribution is -2.41. The van der Waals surface area contributed by atoms with Gasteiger partial charge in [0.05, 0.1) is 18.8 Å². The van der Waals surface area contributed by atoms with Crippen molar-refractivity contribution in [2.45, 2.75) is 57.5 Å². The van der Waals surface area contributed by atoms with Crippen molar-refractivity contribution >= 4 is 17.2 Å². The quantitative estimate of drug-likeness (QED) is 0.821. The molecule has 1 aromatic rings. The van der Waals surface area contributed by atoms with Crippen LogP contribution < -0.4 is 5.32 Å². The van der Waals surface area contributed by atoms with Gasteiger partial charge in [0, 0.05) is 30.4 Å². The molecule has 1 saturated heterocycles. The maximum Gasteiger partial charge on any atom is 0.222 e. The Kier molecular flexibility index (Phi) is 4.88.